The Labute approximate surface area is 166 Å². The van der Waals surface area contributed by atoms with Gasteiger partial charge >= 0.3 is 0 Å². The lowest BCUT2D eigenvalue weighted by atomic mass is 10.1. The van der Waals surface area contributed by atoms with Crippen LogP contribution in [-0.4, -0.2) is 24.9 Å². The first-order valence-electron chi connectivity index (χ1n) is 9.27. The van der Waals surface area contributed by atoms with Gasteiger partial charge in [-0.25, -0.2) is 0 Å². The highest BCUT2D eigenvalue weighted by Crippen LogP contribution is 2.33. The molecule has 0 saturated heterocycles. The zero-order chi connectivity index (χ0) is 19.8. The van der Waals surface area contributed by atoms with Crippen molar-refractivity contribution < 1.29 is 14.3 Å². The van der Waals surface area contributed by atoms with Gasteiger partial charge in [0.2, 0.25) is 5.91 Å². The van der Waals surface area contributed by atoms with Gasteiger partial charge in [-0.2, -0.15) is 0 Å². The maximum Gasteiger partial charge on any atom is 0.224 e. The summed E-state index contributed by atoms with van der Waals surface area (Å²) in [7, 11) is 1.72. The van der Waals surface area contributed by atoms with Gasteiger partial charge in [0.25, 0.3) is 0 Å². The third-order valence-electron chi connectivity index (χ3n) is 4.00. The number of hydrogen-bond acceptors (Lipinski definition) is 4. The zero-order valence-corrected chi connectivity index (χ0v) is 17.6. The number of carbonyl (C=O) groups is 1. The highest BCUT2D eigenvalue weighted by atomic mass is 32.2. The van der Waals surface area contributed by atoms with Crippen molar-refractivity contribution >= 4 is 23.4 Å². The Morgan fingerprint density at radius 3 is 2.33 bits per heavy atom. The monoisotopic (exact) mass is 387 g/mol. The van der Waals surface area contributed by atoms with E-state index in [1.807, 2.05) is 45.0 Å². The molecule has 0 aromatic heterocycles. The van der Waals surface area contributed by atoms with Crippen molar-refractivity contribution in [2.75, 3.05) is 19.0 Å². The Morgan fingerprint density at radius 2 is 1.78 bits per heavy atom. The minimum atomic E-state index is 0.0424. The summed E-state index contributed by atoms with van der Waals surface area (Å²) in [6, 6.07) is 12.0. The number of ether oxygens (including phenoxy) is 2. The Morgan fingerprint density at radius 1 is 1.15 bits per heavy atom. The SMILES string of the molecule is CCCC(=O)Nc1cc(C)c(Oc2ccc(SC(C)COC)cc2)c(C)c1. The molecule has 2 rings (SSSR count). The normalized spacial score (nSPS) is 11.9. The molecular weight excluding hydrogens is 358 g/mol. The number of anilines is 1. The van der Waals surface area contributed by atoms with E-state index in [2.05, 4.69) is 24.4 Å². The fourth-order valence-electron chi connectivity index (χ4n) is 2.84. The van der Waals surface area contributed by atoms with Crippen molar-refractivity contribution in [1.82, 2.24) is 0 Å². The summed E-state index contributed by atoms with van der Waals surface area (Å²) in [5, 5.41) is 3.35. The Bertz CT molecular complexity index is 736. The first-order chi connectivity index (χ1) is 12.9. The average molecular weight is 388 g/mol. The number of nitrogens with one attached hydrogen (secondary N) is 1. The second kappa shape index (κ2) is 10.4. The summed E-state index contributed by atoms with van der Waals surface area (Å²) in [6.45, 7) is 8.85. The lowest BCUT2D eigenvalue weighted by Crippen LogP contribution is -2.11. The average Bonchev–Trinajstić information content (AvgIpc) is 2.60. The van der Waals surface area contributed by atoms with Gasteiger partial charge in [-0.3, -0.25) is 4.79 Å². The van der Waals surface area contributed by atoms with Crippen molar-refractivity contribution in [3.05, 3.63) is 47.5 Å². The van der Waals surface area contributed by atoms with Crippen LogP contribution in [0.1, 0.15) is 37.8 Å². The van der Waals surface area contributed by atoms with Crippen LogP contribution in [0.3, 0.4) is 0 Å². The van der Waals surface area contributed by atoms with Crippen LogP contribution in [0.2, 0.25) is 0 Å². The highest BCUT2D eigenvalue weighted by Gasteiger charge is 2.10. The van der Waals surface area contributed by atoms with E-state index in [1.165, 1.54) is 4.90 Å². The van der Waals surface area contributed by atoms with Crippen LogP contribution >= 0.6 is 11.8 Å². The molecule has 1 unspecified atom stereocenters. The van der Waals surface area contributed by atoms with E-state index in [0.717, 1.165) is 41.3 Å². The maximum absolute atomic E-state index is 11.8. The molecule has 1 atom stereocenters. The van der Waals surface area contributed by atoms with E-state index < -0.39 is 0 Å². The molecule has 0 aliphatic carbocycles. The van der Waals surface area contributed by atoms with Crippen LogP contribution in [0.4, 0.5) is 5.69 Å². The van der Waals surface area contributed by atoms with E-state index in [1.54, 1.807) is 18.9 Å². The minimum absolute atomic E-state index is 0.0424. The van der Waals surface area contributed by atoms with Gasteiger partial charge in [-0.05, 0) is 67.8 Å². The number of rotatable bonds is 9. The third kappa shape index (κ3) is 6.60. The van der Waals surface area contributed by atoms with Crippen molar-refractivity contribution in [2.24, 2.45) is 0 Å². The minimum Gasteiger partial charge on any atom is -0.457 e. The summed E-state index contributed by atoms with van der Waals surface area (Å²) in [4.78, 5) is 13.0. The van der Waals surface area contributed by atoms with Gasteiger partial charge in [-0.15, -0.1) is 11.8 Å². The predicted molar refractivity (Wildman–Crippen MR) is 113 cm³/mol. The van der Waals surface area contributed by atoms with Crippen LogP contribution in [0.5, 0.6) is 11.5 Å². The predicted octanol–water partition coefficient (Wildman–Crippen LogP) is 5.96. The van der Waals surface area contributed by atoms with Crippen LogP contribution in [0, 0.1) is 13.8 Å². The summed E-state index contributed by atoms with van der Waals surface area (Å²) >= 11 is 1.78. The first-order valence-corrected chi connectivity index (χ1v) is 10.2. The molecule has 146 valence electrons. The molecule has 0 bridgehead atoms. The number of thioether (sulfide) groups is 1. The quantitative estimate of drug-likeness (QED) is 0.539. The van der Waals surface area contributed by atoms with Crippen molar-refractivity contribution in [3.63, 3.8) is 0 Å². The summed E-state index contributed by atoms with van der Waals surface area (Å²) in [5.41, 5.74) is 2.80. The van der Waals surface area contributed by atoms with Gasteiger partial charge in [0, 0.05) is 29.4 Å². The van der Waals surface area contributed by atoms with E-state index in [4.69, 9.17) is 9.47 Å². The van der Waals surface area contributed by atoms with E-state index >= 15 is 0 Å². The van der Waals surface area contributed by atoms with E-state index in [-0.39, 0.29) is 5.91 Å². The number of hydrogen-bond donors (Lipinski definition) is 1. The third-order valence-corrected chi connectivity index (χ3v) is 5.09. The number of amides is 1. The first kappa shape index (κ1) is 21.3. The molecular formula is C22H29NO3S. The molecule has 0 spiro atoms. The molecule has 0 fully saturated rings. The Hall–Kier alpha value is -1.98. The zero-order valence-electron chi connectivity index (χ0n) is 16.8. The fourth-order valence-corrected chi connectivity index (χ4v) is 3.80. The second-order valence-electron chi connectivity index (χ2n) is 6.69. The molecule has 0 aliphatic rings. The number of methoxy groups -OCH3 is 1. The smallest absolute Gasteiger partial charge is 0.224 e. The molecule has 27 heavy (non-hydrogen) atoms. The maximum atomic E-state index is 11.8. The van der Waals surface area contributed by atoms with Gasteiger partial charge in [0.15, 0.2) is 0 Å². The molecule has 4 nitrogen and oxygen atoms in total. The standard InChI is InChI=1S/C22H29NO3S/c1-6-7-21(24)23-18-12-15(2)22(16(3)13-18)26-19-8-10-20(11-9-19)27-17(4)14-25-5/h8-13,17H,6-7,14H2,1-5H3,(H,23,24). The topological polar surface area (TPSA) is 47.6 Å². The van der Waals surface area contributed by atoms with Gasteiger partial charge < -0.3 is 14.8 Å². The second-order valence-corrected chi connectivity index (χ2v) is 8.21. The van der Waals surface area contributed by atoms with E-state index in [9.17, 15) is 4.79 Å². The van der Waals surface area contributed by atoms with Crippen LogP contribution < -0.4 is 10.1 Å². The van der Waals surface area contributed by atoms with Crippen molar-refractivity contribution in [3.8, 4) is 11.5 Å². The van der Waals surface area contributed by atoms with Gasteiger partial charge in [0.05, 0.1) is 6.61 Å². The Balaban J connectivity index is 2.07. The van der Waals surface area contributed by atoms with Crippen LogP contribution in [0.25, 0.3) is 0 Å². The van der Waals surface area contributed by atoms with Gasteiger partial charge in [-0.1, -0.05) is 13.8 Å². The van der Waals surface area contributed by atoms with Gasteiger partial charge in [0.1, 0.15) is 11.5 Å². The summed E-state index contributed by atoms with van der Waals surface area (Å²) in [6.07, 6.45) is 1.37. The number of benzene rings is 2. The molecule has 0 radical (unpaired) electrons. The molecule has 0 heterocycles. The lowest BCUT2D eigenvalue weighted by Gasteiger charge is -2.15. The number of aryl methyl sites for hydroxylation is 2. The molecule has 1 N–H and O–H groups in total. The van der Waals surface area contributed by atoms with Crippen LogP contribution in [0.15, 0.2) is 41.3 Å². The molecule has 0 saturated carbocycles. The molecule has 0 aliphatic heterocycles. The summed E-state index contributed by atoms with van der Waals surface area (Å²) < 4.78 is 11.3. The fraction of sp³-hybridized carbons (Fsp3) is 0.409. The number of carbonyl (C=O) groups excluding carboxylic acids is 1. The lowest BCUT2D eigenvalue weighted by molar-refractivity contribution is -0.116. The Kier molecular flexibility index (Phi) is 8.20. The molecule has 2 aromatic carbocycles. The van der Waals surface area contributed by atoms with E-state index in [0.29, 0.717) is 11.7 Å². The van der Waals surface area contributed by atoms with Crippen molar-refractivity contribution in [1.29, 1.82) is 0 Å². The van der Waals surface area contributed by atoms with Crippen molar-refractivity contribution in [2.45, 2.75) is 50.7 Å². The molecule has 5 heteroatoms. The van der Waals surface area contributed by atoms with Crippen LogP contribution in [-0.2, 0) is 9.53 Å². The molecule has 1 amide bonds. The largest absolute Gasteiger partial charge is 0.457 e. The highest BCUT2D eigenvalue weighted by molar-refractivity contribution is 8.00. The summed E-state index contributed by atoms with van der Waals surface area (Å²) in [5.74, 6) is 1.67. The molecule has 2 aromatic rings.